The Bertz CT molecular complexity index is 851. The van der Waals surface area contributed by atoms with E-state index in [0.29, 0.717) is 6.42 Å². The largest absolute Gasteiger partial charge is 0.393 e. The molecule has 2 atom stereocenters. The summed E-state index contributed by atoms with van der Waals surface area (Å²) in [4.78, 5) is -0.133. The standard InChI is InChI=1S/2C7H8O3S.C5H12O2/c2*1-6-2-4-7(5-3-6)11(8,9)10;1-4(6)3-5(2)7/h2*2-5H,1H3,(H,8,9,10);4-7H,3H2,1-2H3/t;;4-,5-/m..1/s1. The van der Waals surface area contributed by atoms with Crippen LogP contribution in [0, 0.1) is 13.8 Å². The molecule has 0 saturated carbocycles. The SMILES string of the molecule is C[C@@H](O)C[C@@H](C)O.Cc1ccc(S(=O)(=O)O)cc1.Cc1ccc(S(=O)(=O)O)cc1. The van der Waals surface area contributed by atoms with Gasteiger partial charge in [0.2, 0.25) is 0 Å². The normalized spacial score (nSPS) is 13.2. The first kappa shape index (κ1) is 27.2. The first-order valence-electron chi connectivity index (χ1n) is 8.57. The van der Waals surface area contributed by atoms with Gasteiger partial charge < -0.3 is 10.2 Å². The highest BCUT2D eigenvalue weighted by Crippen LogP contribution is 2.09. The molecule has 0 bridgehead atoms. The Morgan fingerprint density at radius 2 is 0.897 bits per heavy atom. The maximum Gasteiger partial charge on any atom is 0.294 e. The molecule has 0 saturated heterocycles. The summed E-state index contributed by atoms with van der Waals surface area (Å²) in [5.74, 6) is 0. The van der Waals surface area contributed by atoms with Gasteiger partial charge in [0, 0.05) is 0 Å². The fourth-order valence-corrected chi connectivity index (χ4v) is 2.87. The highest BCUT2D eigenvalue weighted by molar-refractivity contribution is 7.86. The van der Waals surface area contributed by atoms with E-state index in [1.807, 2.05) is 13.8 Å². The maximum absolute atomic E-state index is 10.5. The number of aliphatic hydroxyl groups is 2. The third kappa shape index (κ3) is 13.1. The van der Waals surface area contributed by atoms with Gasteiger partial charge >= 0.3 is 0 Å². The summed E-state index contributed by atoms with van der Waals surface area (Å²) in [5, 5.41) is 17.1. The Morgan fingerprint density at radius 3 is 1.03 bits per heavy atom. The van der Waals surface area contributed by atoms with Gasteiger partial charge in [0.25, 0.3) is 20.2 Å². The van der Waals surface area contributed by atoms with Crippen molar-refractivity contribution in [1.82, 2.24) is 0 Å². The maximum atomic E-state index is 10.5. The predicted molar refractivity (Wildman–Crippen MR) is 110 cm³/mol. The van der Waals surface area contributed by atoms with Crippen molar-refractivity contribution in [1.29, 1.82) is 0 Å². The van der Waals surface area contributed by atoms with E-state index in [0.717, 1.165) is 11.1 Å². The lowest BCUT2D eigenvalue weighted by Crippen LogP contribution is -2.10. The second-order valence-electron chi connectivity index (χ2n) is 6.51. The van der Waals surface area contributed by atoms with E-state index in [-0.39, 0.29) is 22.0 Å². The van der Waals surface area contributed by atoms with Crippen LogP contribution in [0.15, 0.2) is 58.3 Å². The minimum absolute atomic E-state index is 0.0666. The summed E-state index contributed by atoms with van der Waals surface area (Å²) in [6, 6.07) is 12.0. The van der Waals surface area contributed by atoms with Gasteiger partial charge in [0.05, 0.1) is 22.0 Å². The van der Waals surface area contributed by atoms with Crippen molar-refractivity contribution in [2.45, 2.75) is 56.1 Å². The Hall–Kier alpha value is -1.82. The van der Waals surface area contributed by atoms with Crippen LogP contribution in [-0.4, -0.2) is 48.4 Å². The summed E-state index contributed by atoms with van der Waals surface area (Å²) in [5.41, 5.74) is 1.91. The number of hydrogen-bond acceptors (Lipinski definition) is 6. The second-order valence-corrected chi connectivity index (χ2v) is 9.35. The molecule has 0 heterocycles. The summed E-state index contributed by atoms with van der Waals surface area (Å²) in [6.45, 7) is 7.00. The molecular formula is C19H28O8S2. The topological polar surface area (TPSA) is 149 Å². The van der Waals surface area contributed by atoms with Crippen molar-refractivity contribution in [3.05, 3.63) is 59.7 Å². The van der Waals surface area contributed by atoms with E-state index in [2.05, 4.69) is 0 Å². The average Bonchev–Trinajstić information content (AvgIpc) is 2.54. The quantitative estimate of drug-likeness (QED) is 0.522. The molecular weight excluding hydrogens is 420 g/mol. The third-order valence-corrected chi connectivity index (χ3v) is 5.06. The van der Waals surface area contributed by atoms with Crippen LogP contribution in [0.4, 0.5) is 0 Å². The first-order chi connectivity index (χ1) is 13.1. The molecule has 0 aliphatic rings. The van der Waals surface area contributed by atoms with Gasteiger partial charge in [-0.2, -0.15) is 16.8 Å². The molecule has 0 aromatic heterocycles. The number of rotatable bonds is 4. The van der Waals surface area contributed by atoms with Crippen LogP contribution >= 0.6 is 0 Å². The van der Waals surface area contributed by atoms with Crippen LogP contribution in [0.25, 0.3) is 0 Å². The summed E-state index contributed by atoms with van der Waals surface area (Å²) >= 11 is 0. The van der Waals surface area contributed by atoms with Crippen molar-refractivity contribution in [3.8, 4) is 0 Å². The first-order valence-corrected chi connectivity index (χ1v) is 11.5. The van der Waals surface area contributed by atoms with Crippen molar-refractivity contribution in [3.63, 3.8) is 0 Å². The molecule has 2 rings (SSSR count). The number of hydrogen-bond donors (Lipinski definition) is 4. The molecule has 0 aliphatic carbocycles. The molecule has 2 aromatic carbocycles. The van der Waals surface area contributed by atoms with E-state index < -0.39 is 20.2 Å². The smallest absolute Gasteiger partial charge is 0.294 e. The van der Waals surface area contributed by atoms with Crippen LogP contribution in [0.1, 0.15) is 31.4 Å². The summed E-state index contributed by atoms with van der Waals surface area (Å²) in [6.07, 6.45) is -0.278. The Labute approximate surface area is 172 Å². The lowest BCUT2D eigenvalue weighted by Gasteiger charge is -2.04. The fourth-order valence-electron chi connectivity index (χ4n) is 1.91. The molecule has 29 heavy (non-hydrogen) atoms. The molecule has 0 spiro atoms. The molecule has 0 unspecified atom stereocenters. The van der Waals surface area contributed by atoms with Gasteiger partial charge in [-0.3, -0.25) is 9.11 Å². The minimum Gasteiger partial charge on any atom is -0.393 e. The lowest BCUT2D eigenvalue weighted by atomic mass is 10.2. The third-order valence-electron chi connectivity index (χ3n) is 3.32. The molecule has 164 valence electrons. The highest BCUT2D eigenvalue weighted by Gasteiger charge is 2.07. The van der Waals surface area contributed by atoms with Crippen molar-refractivity contribution >= 4 is 20.2 Å². The van der Waals surface area contributed by atoms with Crippen LogP contribution < -0.4 is 0 Å². The zero-order valence-corrected chi connectivity index (χ0v) is 18.4. The summed E-state index contributed by atoms with van der Waals surface area (Å²) < 4.78 is 59.1. The molecule has 10 heteroatoms. The van der Waals surface area contributed by atoms with Gasteiger partial charge in [0.15, 0.2) is 0 Å². The molecule has 0 aliphatic heterocycles. The molecule has 4 N–H and O–H groups in total. The molecule has 0 radical (unpaired) electrons. The van der Waals surface area contributed by atoms with Gasteiger partial charge in [-0.25, -0.2) is 0 Å². The van der Waals surface area contributed by atoms with Gasteiger partial charge in [-0.1, -0.05) is 35.4 Å². The predicted octanol–water partition coefficient (Wildman–Crippen LogP) is 2.62. The van der Waals surface area contributed by atoms with Gasteiger partial charge in [0.1, 0.15) is 0 Å². The monoisotopic (exact) mass is 448 g/mol. The van der Waals surface area contributed by atoms with Crippen molar-refractivity contribution < 1.29 is 36.2 Å². The second kappa shape index (κ2) is 12.0. The van der Waals surface area contributed by atoms with Crippen LogP contribution in [0.5, 0.6) is 0 Å². The van der Waals surface area contributed by atoms with Gasteiger partial charge in [-0.05, 0) is 58.4 Å². The van der Waals surface area contributed by atoms with Crippen LogP contribution in [-0.2, 0) is 20.2 Å². The van der Waals surface area contributed by atoms with Crippen LogP contribution in [0.2, 0.25) is 0 Å². The molecule has 2 aromatic rings. The zero-order chi connectivity index (χ0) is 22.8. The molecule has 0 fully saturated rings. The van der Waals surface area contributed by atoms with Crippen molar-refractivity contribution in [2.24, 2.45) is 0 Å². The highest BCUT2D eigenvalue weighted by atomic mass is 32.2. The van der Waals surface area contributed by atoms with E-state index in [4.69, 9.17) is 19.3 Å². The lowest BCUT2D eigenvalue weighted by molar-refractivity contribution is 0.102. The molecule has 8 nitrogen and oxygen atoms in total. The van der Waals surface area contributed by atoms with Crippen molar-refractivity contribution in [2.75, 3.05) is 0 Å². The molecule has 0 amide bonds. The Morgan fingerprint density at radius 1 is 0.655 bits per heavy atom. The van der Waals surface area contributed by atoms with E-state index in [1.54, 1.807) is 38.1 Å². The fraction of sp³-hybridized carbons (Fsp3) is 0.368. The number of benzene rings is 2. The van der Waals surface area contributed by atoms with Gasteiger partial charge in [-0.15, -0.1) is 0 Å². The van der Waals surface area contributed by atoms with E-state index >= 15 is 0 Å². The number of aliphatic hydroxyl groups excluding tert-OH is 2. The number of aryl methyl sites for hydroxylation is 2. The summed E-state index contributed by atoms with van der Waals surface area (Å²) in [7, 11) is -8.04. The average molecular weight is 449 g/mol. The van der Waals surface area contributed by atoms with E-state index in [1.165, 1.54) is 24.3 Å². The zero-order valence-electron chi connectivity index (χ0n) is 16.7. The van der Waals surface area contributed by atoms with E-state index in [9.17, 15) is 16.8 Å². The van der Waals surface area contributed by atoms with Crippen LogP contribution in [0.3, 0.4) is 0 Å². The Kier molecular flexibility index (Phi) is 11.3. The Balaban J connectivity index is 0.000000419. The minimum atomic E-state index is -4.02.